The van der Waals surface area contributed by atoms with Gasteiger partial charge in [-0.2, -0.15) is 0 Å². The molecular weight excluding hydrogens is 372 g/mol. The van der Waals surface area contributed by atoms with Gasteiger partial charge in [-0.1, -0.05) is 6.07 Å². The molecule has 0 bridgehead atoms. The summed E-state index contributed by atoms with van der Waals surface area (Å²) in [6.45, 7) is 9.47. The van der Waals surface area contributed by atoms with Crippen LogP contribution in [0.5, 0.6) is 0 Å². The molecule has 2 aromatic rings. The topological polar surface area (TPSA) is 58.6 Å². The van der Waals surface area contributed by atoms with Gasteiger partial charge >= 0.3 is 0 Å². The Morgan fingerprint density at radius 2 is 1.64 bits per heavy atom. The minimum atomic E-state index is -3.65. The van der Waals surface area contributed by atoms with Gasteiger partial charge in [0.25, 0.3) is 10.0 Å². The number of nitrogens with zero attached hydrogens (tertiary/aromatic N) is 1. The molecule has 6 heteroatoms. The van der Waals surface area contributed by atoms with Gasteiger partial charge < -0.3 is 9.64 Å². The molecule has 152 valence electrons. The highest BCUT2D eigenvalue weighted by molar-refractivity contribution is 7.92. The zero-order chi connectivity index (χ0) is 20.5. The number of methoxy groups -OCH3 is 1. The van der Waals surface area contributed by atoms with Gasteiger partial charge in [-0.15, -0.1) is 0 Å². The minimum Gasteiger partial charge on any atom is -0.380 e. The average molecular weight is 403 g/mol. The van der Waals surface area contributed by atoms with Crippen molar-refractivity contribution < 1.29 is 13.2 Å². The third kappa shape index (κ3) is 4.18. The van der Waals surface area contributed by atoms with Crippen molar-refractivity contribution >= 4 is 21.4 Å². The quantitative estimate of drug-likeness (QED) is 0.808. The van der Waals surface area contributed by atoms with Gasteiger partial charge in [0.05, 0.1) is 11.0 Å². The molecule has 28 heavy (non-hydrogen) atoms. The lowest BCUT2D eigenvalue weighted by Gasteiger charge is -2.33. The maximum atomic E-state index is 13.1. The molecule has 2 aromatic carbocycles. The zero-order valence-corrected chi connectivity index (χ0v) is 18.2. The predicted molar refractivity (Wildman–Crippen MR) is 115 cm³/mol. The number of nitrogens with one attached hydrogen (secondary N) is 1. The molecule has 1 atom stereocenters. The van der Waals surface area contributed by atoms with E-state index in [0.29, 0.717) is 10.6 Å². The van der Waals surface area contributed by atoms with E-state index < -0.39 is 10.0 Å². The zero-order valence-electron chi connectivity index (χ0n) is 17.4. The first kappa shape index (κ1) is 20.7. The van der Waals surface area contributed by atoms with Crippen LogP contribution in [0, 0.1) is 27.7 Å². The second-order valence-electron chi connectivity index (χ2n) is 7.69. The van der Waals surface area contributed by atoms with Crippen molar-refractivity contribution in [1.29, 1.82) is 0 Å². The van der Waals surface area contributed by atoms with Crippen molar-refractivity contribution in [3.05, 3.63) is 52.6 Å². The molecule has 1 aliphatic rings. The van der Waals surface area contributed by atoms with E-state index in [2.05, 4.69) is 9.62 Å². The van der Waals surface area contributed by atoms with Crippen LogP contribution in [-0.2, 0) is 14.8 Å². The molecule has 3 rings (SSSR count). The lowest BCUT2D eigenvalue weighted by molar-refractivity contribution is 0.0893. The molecule has 0 aromatic heterocycles. The van der Waals surface area contributed by atoms with Gasteiger partial charge in [-0.25, -0.2) is 8.42 Å². The summed E-state index contributed by atoms with van der Waals surface area (Å²) in [5.41, 5.74) is 5.22. The van der Waals surface area contributed by atoms with Crippen molar-refractivity contribution in [1.82, 2.24) is 0 Å². The molecular formula is C22H30N2O3S. The Balaban J connectivity index is 1.83. The Labute approximate surface area is 168 Å². The molecule has 0 radical (unpaired) electrons. The second-order valence-corrected chi connectivity index (χ2v) is 9.31. The Morgan fingerprint density at radius 1 is 1.04 bits per heavy atom. The van der Waals surface area contributed by atoms with Gasteiger partial charge in [-0.05, 0) is 87.1 Å². The first-order valence-corrected chi connectivity index (χ1v) is 11.2. The molecule has 1 heterocycles. The van der Waals surface area contributed by atoms with Crippen LogP contribution in [0.2, 0.25) is 0 Å². The predicted octanol–water partition coefficient (Wildman–Crippen LogP) is 4.34. The van der Waals surface area contributed by atoms with E-state index in [-0.39, 0.29) is 6.10 Å². The van der Waals surface area contributed by atoms with Crippen LogP contribution in [0.15, 0.2) is 35.2 Å². The number of rotatable bonds is 5. The lowest BCUT2D eigenvalue weighted by Crippen LogP contribution is -2.39. The van der Waals surface area contributed by atoms with E-state index in [4.69, 9.17) is 4.74 Å². The molecule has 5 nitrogen and oxygen atoms in total. The Morgan fingerprint density at radius 3 is 2.21 bits per heavy atom. The van der Waals surface area contributed by atoms with E-state index in [1.165, 1.54) is 0 Å². The maximum absolute atomic E-state index is 13.1. The monoisotopic (exact) mass is 402 g/mol. The minimum absolute atomic E-state index is 0.252. The number of piperidine rings is 1. The largest absolute Gasteiger partial charge is 0.380 e. The number of anilines is 2. The van der Waals surface area contributed by atoms with Crippen LogP contribution in [0.4, 0.5) is 11.4 Å². The molecule has 0 spiro atoms. The number of aryl methyl sites for hydroxylation is 2. The number of sulfonamides is 1. The van der Waals surface area contributed by atoms with Crippen molar-refractivity contribution in [2.24, 2.45) is 0 Å². The molecule has 1 fully saturated rings. The van der Waals surface area contributed by atoms with Crippen LogP contribution in [0.25, 0.3) is 0 Å². The van der Waals surface area contributed by atoms with Gasteiger partial charge in [0.1, 0.15) is 0 Å². The highest BCUT2D eigenvalue weighted by Gasteiger charge is 2.23. The van der Waals surface area contributed by atoms with Crippen molar-refractivity contribution in [3.63, 3.8) is 0 Å². The van der Waals surface area contributed by atoms with Gasteiger partial charge in [-0.3, -0.25) is 4.72 Å². The highest BCUT2D eigenvalue weighted by atomic mass is 32.2. The van der Waals surface area contributed by atoms with Gasteiger partial charge in [0, 0.05) is 31.6 Å². The smallest absolute Gasteiger partial charge is 0.262 e. The summed E-state index contributed by atoms with van der Waals surface area (Å²) in [5.74, 6) is 0. The fourth-order valence-corrected chi connectivity index (χ4v) is 5.57. The van der Waals surface area contributed by atoms with Crippen LogP contribution >= 0.6 is 0 Å². The van der Waals surface area contributed by atoms with E-state index in [0.717, 1.165) is 53.9 Å². The summed E-state index contributed by atoms with van der Waals surface area (Å²) < 4.78 is 34.4. The SMILES string of the molecule is COC1CCCN(c2ccc(NS(=O)(=O)c3c(C)c(C)cc(C)c3C)cc2)C1. The summed E-state index contributed by atoms with van der Waals surface area (Å²) in [6.07, 6.45) is 2.43. The first-order valence-electron chi connectivity index (χ1n) is 9.71. The van der Waals surface area contributed by atoms with Gasteiger partial charge in [0.15, 0.2) is 0 Å². The summed E-state index contributed by atoms with van der Waals surface area (Å²) in [7, 11) is -1.90. The van der Waals surface area contributed by atoms with Crippen molar-refractivity contribution in [3.8, 4) is 0 Å². The third-order valence-electron chi connectivity index (χ3n) is 5.76. The molecule has 0 aliphatic carbocycles. The van der Waals surface area contributed by atoms with Gasteiger partial charge in [0.2, 0.25) is 0 Å². The molecule has 1 saturated heterocycles. The van der Waals surface area contributed by atoms with Crippen LogP contribution in [0.3, 0.4) is 0 Å². The van der Waals surface area contributed by atoms with Crippen LogP contribution in [-0.4, -0.2) is 34.7 Å². The van der Waals surface area contributed by atoms with Crippen molar-refractivity contribution in [2.75, 3.05) is 29.8 Å². The average Bonchev–Trinajstić information content (AvgIpc) is 2.67. The number of hydrogen-bond donors (Lipinski definition) is 1. The normalized spacial score (nSPS) is 17.6. The summed E-state index contributed by atoms with van der Waals surface area (Å²) in [6, 6.07) is 9.63. The number of ether oxygens (including phenoxy) is 1. The maximum Gasteiger partial charge on any atom is 0.262 e. The lowest BCUT2D eigenvalue weighted by atomic mass is 10.0. The Hall–Kier alpha value is -2.05. The number of hydrogen-bond acceptors (Lipinski definition) is 4. The summed E-state index contributed by atoms with van der Waals surface area (Å²) in [4.78, 5) is 2.67. The standard InChI is InChI=1S/C22H30N2O3S/c1-15-13-16(2)18(4)22(17(15)3)28(25,26)23-19-8-10-20(11-9-19)24-12-6-7-21(14-24)27-5/h8-11,13,21,23H,6-7,12,14H2,1-5H3. The van der Waals surface area contributed by atoms with Crippen LogP contribution in [0.1, 0.15) is 35.1 Å². The van der Waals surface area contributed by atoms with E-state index in [1.54, 1.807) is 7.11 Å². The number of benzene rings is 2. The van der Waals surface area contributed by atoms with E-state index in [9.17, 15) is 8.42 Å². The summed E-state index contributed by atoms with van der Waals surface area (Å²) in [5, 5.41) is 0. The van der Waals surface area contributed by atoms with Crippen molar-refractivity contribution in [2.45, 2.75) is 51.5 Å². The Kier molecular flexibility index (Phi) is 6.01. The first-order chi connectivity index (χ1) is 13.2. The molecule has 0 saturated carbocycles. The molecule has 1 aliphatic heterocycles. The second kappa shape index (κ2) is 8.13. The fraction of sp³-hybridized carbons (Fsp3) is 0.455. The van der Waals surface area contributed by atoms with E-state index in [1.807, 2.05) is 58.0 Å². The molecule has 0 amide bonds. The fourth-order valence-electron chi connectivity index (χ4n) is 3.90. The van der Waals surface area contributed by atoms with Crippen LogP contribution < -0.4 is 9.62 Å². The Bertz CT molecular complexity index is 926. The van der Waals surface area contributed by atoms with E-state index >= 15 is 0 Å². The molecule has 1 unspecified atom stereocenters. The third-order valence-corrected chi connectivity index (χ3v) is 7.42. The highest BCUT2D eigenvalue weighted by Crippen LogP contribution is 2.29. The molecule has 1 N–H and O–H groups in total. The summed E-state index contributed by atoms with van der Waals surface area (Å²) >= 11 is 0.